The number of hydrazine groups is 1. The van der Waals surface area contributed by atoms with Crippen molar-refractivity contribution in [3.05, 3.63) is 23.8 Å². The quantitative estimate of drug-likeness (QED) is 0.559. The van der Waals surface area contributed by atoms with E-state index in [0.29, 0.717) is 0 Å². The van der Waals surface area contributed by atoms with E-state index in [4.69, 9.17) is 5.73 Å². The van der Waals surface area contributed by atoms with E-state index in [1.165, 1.54) is 5.56 Å². The Morgan fingerprint density at radius 3 is 2.69 bits per heavy atom. The highest BCUT2D eigenvalue weighted by atomic mass is 35.5. The summed E-state index contributed by atoms with van der Waals surface area (Å²) in [6.45, 7) is 4.25. The molecule has 1 aromatic carbocycles. The average Bonchev–Trinajstić information content (AvgIpc) is 2.27. The summed E-state index contributed by atoms with van der Waals surface area (Å²) >= 11 is 0. The van der Waals surface area contributed by atoms with Crippen molar-refractivity contribution in [2.24, 2.45) is 0 Å². The van der Waals surface area contributed by atoms with E-state index >= 15 is 0 Å². The predicted molar refractivity (Wildman–Crippen MR) is 57.9 cm³/mol. The number of nitrogen functional groups attached to an aromatic ring is 1. The van der Waals surface area contributed by atoms with Crippen LogP contribution in [0.25, 0.3) is 0 Å². The van der Waals surface area contributed by atoms with Gasteiger partial charge in [-0.2, -0.15) is 0 Å². The standard InChI is InChI=1S/C9H13N3.ClH/c1-9(2)7-4-3-6(10)5-8(7)11-12-9;/h3-5,11-12H,10H2,1-2H3;1H. The molecule has 4 N–H and O–H groups in total. The monoisotopic (exact) mass is 199 g/mol. The molecule has 0 spiro atoms. The first-order chi connectivity index (χ1) is 5.59. The maximum atomic E-state index is 5.65. The van der Waals surface area contributed by atoms with Crippen LogP contribution in [0.3, 0.4) is 0 Å². The molecule has 0 unspecified atom stereocenters. The van der Waals surface area contributed by atoms with Crippen LogP contribution in [-0.4, -0.2) is 0 Å². The molecule has 0 aromatic heterocycles. The molecule has 1 aliphatic rings. The summed E-state index contributed by atoms with van der Waals surface area (Å²) in [6.07, 6.45) is 0. The van der Waals surface area contributed by atoms with Crippen LogP contribution in [0.4, 0.5) is 11.4 Å². The summed E-state index contributed by atoms with van der Waals surface area (Å²) in [4.78, 5) is 0. The summed E-state index contributed by atoms with van der Waals surface area (Å²) in [5.74, 6) is 0. The first-order valence-corrected chi connectivity index (χ1v) is 4.03. The van der Waals surface area contributed by atoms with Crippen molar-refractivity contribution in [2.75, 3.05) is 11.2 Å². The van der Waals surface area contributed by atoms with Crippen molar-refractivity contribution in [3.8, 4) is 0 Å². The molecule has 0 saturated carbocycles. The number of nitrogens with two attached hydrogens (primary N) is 1. The Kier molecular flexibility index (Phi) is 2.41. The van der Waals surface area contributed by atoms with Gasteiger partial charge in [-0.25, -0.2) is 5.43 Å². The zero-order chi connectivity index (χ0) is 8.77. The number of hydrogen-bond donors (Lipinski definition) is 3. The first kappa shape index (κ1) is 10.2. The molecule has 0 saturated heterocycles. The van der Waals surface area contributed by atoms with Crippen LogP contribution >= 0.6 is 12.4 Å². The van der Waals surface area contributed by atoms with Gasteiger partial charge in [0.15, 0.2) is 0 Å². The second-order valence-electron chi connectivity index (χ2n) is 3.68. The molecular weight excluding hydrogens is 186 g/mol. The van der Waals surface area contributed by atoms with Gasteiger partial charge in [-0.1, -0.05) is 6.07 Å². The fourth-order valence-corrected chi connectivity index (χ4v) is 1.50. The van der Waals surface area contributed by atoms with Gasteiger partial charge in [0.25, 0.3) is 0 Å². The molecule has 2 rings (SSSR count). The van der Waals surface area contributed by atoms with E-state index in [9.17, 15) is 0 Å². The molecule has 3 nitrogen and oxygen atoms in total. The molecule has 0 fully saturated rings. The number of hydrogen-bond acceptors (Lipinski definition) is 3. The van der Waals surface area contributed by atoms with Crippen molar-refractivity contribution in [2.45, 2.75) is 19.4 Å². The lowest BCUT2D eigenvalue weighted by atomic mass is 9.95. The molecule has 1 aliphatic heterocycles. The van der Waals surface area contributed by atoms with Crippen molar-refractivity contribution in [3.63, 3.8) is 0 Å². The van der Waals surface area contributed by atoms with Gasteiger partial charge in [0.05, 0.1) is 11.2 Å². The number of nitrogens with one attached hydrogen (secondary N) is 2. The van der Waals surface area contributed by atoms with Crippen LogP contribution in [0.2, 0.25) is 0 Å². The molecule has 13 heavy (non-hydrogen) atoms. The number of anilines is 2. The van der Waals surface area contributed by atoms with Gasteiger partial charge in [0.1, 0.15) is 0 Å². The lowest BCUT2D eigenvalue weighted by Gasteiger charge is -2.17. The van der Waals surface area contributed by atoms with Crippen LogP contribution in [0.15, 0.2) is 18.2 Å². The Bertz CT molecular complexity index is 323. The molecule has 0 radical (unpaired) electrons. The van der Waals surface area contributed by atoms with Crippen molar-refractivity contribution < 1.29 is 0 Å². The Morgan fingerprint density at radius 1 is 1.31 bits per heavy atom. The molecule has 72 valence electrons. The minimum absolute atomic E-state index is 0. The Balaban J connectivity index is 0.000000845. The van der Waals surface area contributed by atoms with Crippen LogP contribution < -0.4 is 16.6 Å². The van der Waals surface area contributed by atoms with Crippen LogP contribution in [0, 0.1) is 0 Å². The topological polar surface area (TPSA) is 50.1 Å². The van der Waals surface area contributed by atoms with Crippen LogP contribution in [0.1, 0.15) is 19.4 Å². The van der Waals surface area contributed by atoms with Gasteiger partial charge in [-0.05, 0) is 31.5 Å². The number of rotatable bonds is 0. The van der Waals surface area contributed by atoms with E-state index in [2.05, 4.69) is 30.8 Å². The third-order valence-corrected chi connectivity index (χ3v) is 2.23. The number of fused-ring (bicyclic) bond motifs is 1. The molecule has 1 heterocycles. The third-order valence-electron chi connectivity index (χ3n) is 2.23. The highest BCUT2D eigenvalue weighted by molar-refractivity contribution is 5.85. The molecule has 0 amide bonds. The SMILES string of the molecule is CC1(C)NNc2cc(N)ccc21.Cl. The van der Waals surface area contributed by atoms with Gasteiger partial charge >= 0.3 is 0 Å². The number of halogens is 1. The van der Waals surface area contributed by atoms with Crippen LogP contribution in [0.5, 0.6) is 0 Å². The van der Waals surface area contributed by atoms with Crippen molar-refractivity contribution in [1.29, 1.82) is 0 Å². The molecule has 1 aromatic rings. The van der Waals surface area contributed by atoms with E-state index in [0.717, 1.165) is 11.4 Å². The van der Waals surface area contributed by atoms with Gasteiger partial charge in [-0.3, -0.25) is 0 Å². The summed E-state index contributed by atoms with van der Waals surface area (Å²) in [5, 5.41) is 0. The average molecular weight is 200 g/mol. The molecule has 0 bridgehead atoms. The van der Waals surface area contributed by atoms with Crippen LogP contribution in [-0.2, 0) is 5.54 Å². The third kappa shape index (κ3) is 1.57. The summed E-state index contributed by atoms with van der Waals surface area (Å²) < 4.78 is 0. The highest BCUT2D eigenvalue weighted by Gasteiger charge is 2.28. The van der Waals surface area contributed by atoms with Gasteiger partial charge in [0.2, 0.25) is 0 Å². The summed E-state index contributed by atoms with van der Waals surface area (Å²) in [6, 6.07) is 5.92. The predicted octanol–water partition coefficient (Wildman–Crippen LogP) is 1.86. The van der Waals surface area contributed by atoms with Gasteiger partial charge < -0.3 is 11.2 Å². The second kappa shape index (κ2) is 3.09. The number of benzene rings is 1. The fourth-order valence-electron chi connectivity index (χ4n) is 1.50. The van der Waals surface area contributed by atoms with Gasteiger partial charge in [0, 0.05) is 5.69 Å². The molecular formula is C9H14ClN3. The first-order valence-electron chi connectivity index (χ1n) is 4.03. The van der Waals surface area contributed by atoms with E-state index in [1.54, 1.807) is 0 Å². The molecule has 0 aliphatic carbocycles. The smallest absolute Gasteiger partial charge is 0.0584 e. The Labute approximate surface area is 84.1 Å². The Hall–Kier alpha value is -0.930. The maximum Gasteiger partial charge on any atom is 0.0584 e. The second-order valence-corrected chi connectivity index (χ2v) is 3.68. The lowest BCUT2D eigenvalue weighted by molar-refractivity contribution is 0.471. The zero-order valence-corrected chi connectivity index (χ0v) is 8.53. The van der Waals surface area contributed by atoms with Crippen molar-refractivity contribution in [1.82, 2.24) is 5.43 Å². The molecule has 0 atom stereocenters. The van der Waals surface area contributed by atoms with Crippen molar-refractivity contribution >= 4 is 23.8 Å². The summed E-state index contributed by atoms with van der Waals surface area (Å²) in [7, 11) is 0. The summed E-state index contributed by atoms with van der Waals surface area (Å²) in [5.41, 5.74) is 15.1. The normalized spacial score (nSPS) is 17.1. The largest absolute Gasteiger partial charge is 0.399 e. The molecule has 4 heteroatoms. The van der Waals surface area contributed by atoms with E-state index in [-0.39, 0.29) is 17.9 Å². The van der Waals surface area contributed by atoms with Gasteiger partial charge in [-0.15, -0.1) is 12.4 Å². The lowest BCUT2D eigenvalue weighted by Crippen LogP contribution is -2.32. The minimum Gasteiger partial charge on any atom is -0.399 e. The maximum absolute atomic E-state index is 5.65. The minimum atomic E-state index is 0. The zero-order valence-electron chi connectivity index (χ0n) is 7.72. The Morgan fingerprint density at radius 2 is 2.00 bits per heavy atom. The van der Waals surface area contributed by atoms with E-state index < -0.39 is 0 Å². The fraction of sp³-hybridized carbons (Fsp3) is 0.333. The van der Waals surface area contributed by atoms with E-state index in [1.807, 2.05) is 12.1 Å². The highest BCUT2D eigenvalue weighted by Crippen LogP contribution is 2.33.